The molecule has 0 aromatic carbocycles. The lowest BCUT2D eigenvalue weighted by atomic mass is 10.2. The monoisotopic (exact) mass is 291 g/mol. The number of aliphatic hydroxyl groups is 1. The van der Waals surface area contributed by atoms with Crippen molar-refractivity contribution in [2.45, 2.75) is 32.9 Å². The summed E-state index contributed by atoms with van der Waals surface area (Å²) in [7, 11) is 0. The van der Waals surface area contributed by atoms with Crippen molar-refractivity contribution in [3.05, 3.63) is 46.2 Å². The Morgan fingerprint density at radius 1 is 1.30 bits per heavy atom. The second-order valence-electron chi connectivity index (χ2n) is 5.12. The summed E-state index contributed by atoms with van der Waals surface area (Å²) in [6, 6.07) is 4.00. The summed E-state index contributed by atoms with van der Waals surface area (Å²) in [5, 5.41) is 10.4. The Kier molecular flexibility index (Phi) is 5.64. The van der Waals surface area contributed by atoms with Crippen molar-refractivity contribution >= 4 is 11.3 Å². The predicted octanol–water partition coefficient (Wildman–Crippen LogP) is 2.66. The highest BCUT2D eigenvalue weighted by Crippen LogP contribution is 2.22. The molecule has 4 nitrogen and oxygen atoms in total. The maximum atomic E-state index is 9.22. The molecule has 0 aliphatic heterocycles. The zero-order valence-corrected chi connectivity index (χ0v) is 12.8. The van der Waals surface area contributed by atoms with E-state index in [4.69, 9.17) is 0 Å². The third-order valence-electron chi connectivity index (χ3n) is 2.99. The number of aliphatic hydroxyl groups excluding tert-OH is 1. The summed E-state index contributed by atoms with van der Waals surface area (Å²) in [6.45, 7) is 6.75. The fourth-order valence-corrected chi connectivity index (χ4v) is 2.95. The van der Waals surface area contributed by atoms with Gasteiger partial charge in [0.2, 0.25) is 0 Å². The van der Waals surface area contributed by atoms with Crippen molar-refractivity contribution in [1.82, 2.24) is 14.9 Å². The summed E-state index contributed by atoms with van der Waals surface area (Å²) >= 11 is 1.76. The molecule has 0 bridgehead atoms. The quantitative estimate of drug-likeness (QED) is 0.852. The number of aromatic nitrogens is 2. The van der Waals surface area contributed by atoms with E-state index in [-0.39, 0.29) is 6.61 Å². The van der Waals surface area contributed by atoms with Gasteiger partial charge in [0.25, 0.3) is 0 Å². The highest BCUT2D eigenvalue weighted by atomic mass is 32.1. The maximum absolute atomic E-state index is 9.22. The number of hydrogen-bond donors (Lipinski definition) is 1. The van der Waals surface area contributed by atoms with Crippen LogP contribution in [0.2, 0.25) is 0 Å². The van der Waals surface area contributed by atoms with E-state index in [2.05, 4.69) is 34.8 Å². The Morgan fingerprint density at radius 2 is 2.15 bits per heavy atom. The van der Waals surface area contributed by atoms with Gasteiger partial charge in [0.1, 0.15) is 0 Å². The van der Waals surface area contributed by atoms with Crippen LogP contribution in [0.15, 0.2) is 30.7 Å². The highest BCUT2D eigenvalue weighted by molar-refractivity contribution is 7.11. The topological polar surface area (TPSA) is 49.2 Å². The van der Waals surface area contributed by atoms with Crippen LogP contribution < -0.4 is 0 Å². The summed E-state index contributed by atoms with van der Waals surface area (Å²) in [4.78, 5) is 12.0. The SMILES string of the molecule is CC(C)c1ncc(CN(CCO)Cc2cccnc2)s1. The number of rotatable bonds is 7. The van der Waals surface area contributed by atoms with Gasteiger partial charge < -0.3 is 5.11 Å². The van der Waals surface area contributed by atoms with E-state index in [1.54, 1.807) is 17.5 Å². The summed E-state index contributed by atoms with van der Waals surface area (Å²) in [5.74, 6) is 0.471. The predicted molar refractivity (Wildman–Crippen MR) is 81.6 cm³/mol. The first kappa shape index (κ1) is 15.1. The molecule has 5 heteroatoms. The van der Waals surface area contributed by atoms with Crippen molar-refractivity contribution in [3.63, 3.8) is 0 Å². The molecule has 0 radical (unpaired) electrons. The Hall–Kier alpha value is -1.30. The molecule has 2 rings (SSSR count). The van der Waals surface area contributed by atoms with Crippen molar-refractivity contribution < 1.29 is 5.11 Å². The minimum Gasteiger partial charge on any atom is -0.395 e. The third-order valence-corrected chi connectivity index (χ3v) is 4.27. The van der Waals surface area contributed by atoms with Gasteiger partial charge in [-0.1, -0.05) is 19.9 Å². The van der Waals surface area contributed by atoms with Gasteiger partial charge in [-0.05, 0) is 11.6 Å². The van der Waals surface area contributed by atoms with Crippen LogP contribution >= 0.6 is 11.3 Å². The van der Waals surface area contributed by atoms with Crippen LogP contribution in [0.5, 0.6) is 0 Å². The molecule has 0 saturated heterocycles. The highest BCUT2D eigenvalue weighted by Gasteiger charge is 2.11. The number of hydrogen-bond acceptors (Lipinski definition) is 5. The zero-order chi connectivity index (χ0) is 14.4. The first-order valence-corrected chi connectivity index (χ1v) is 7.67. The molecule has 0 amide bonds. The second kappa shape index (κ2) is 7.47. The van der Waals surface area contributed by atoms with Gasteiger partial charge in [-0.3, -0.25) is 9.88 Å². The van der Waals surface area contributed by atoms with Gasteiger partial charge in [-0.15, -0.1) is 11.3 Å². The molecule has 0 fully saturated rings. The molecule has 2 aromatic heterocycles. The summed E-state index contributed by atoms with van der Waals surface area (Å²) in [5.41, 5.74) is 1.16. The Bertz CT molecular complexity index is 513. The molecule has 0 saturated carbocycles. The van der Waals surface area contributed by atoms with E-state index in [1.807, 2.05) is 18.5 Å². The number of nitrogens with zero attached hydrogens (tertiary/aromatic N) is 3. The van der Waals surface area contributed by atoms with Gasteiger partial charge in [0.15, 0.2) is 0 Å². The van der Waals surface area contributed by atoms with E-state index in [1.165, 1.54) is 9.88 Å². The van der Waals surface area contributed by atoms with E-state index in [0.29, 0.717) is 12.5 Å². The van der Waals surface area contributed by atoms with Crippen LogP contribution in [0.25, 0.3) is 0 Å². The average molecular weight is 291 g/mol. The van der Waals surface area contributed by atoms with Crippen LogP contribution in [0.1, 0.15) is 35.2 Å². The lowest BCUT2D eigenvalue weighted by molar-refractivity contribution is 0.185. The van der Waals surface area contributed by atoms with Gasteiger partial charge >= 0.3 is 0 Å². The second-order valence-corrected chi connectivity index (χ2v) is 6.26. The Balaban J connectivity index is 2.01. The molecule has 0 spiro atoms. The molecule has 108 valence electrons. The molecular formula is C15H21N3OS. The first-order valence-electron chi connectivity index (χ1n) is 6.85. The van der Waals surface area contributed by atoms with Crippen molar-refractivity contribution in [2.75, 3.05) is 13.2 Å². The molecule has 0 unspecified atom stereocenters. The van der Waals surface area contributed by atoms with Gasteiger partial charge in [-0.25, -0.2) is 4.98 Å². The van der Waals surface area contributed by atoms with Gasteiger partial charge in [0, 0.05) is 49.0 Å². The Labute approximate surface area is 124 Å². The number of pyridine rings is 1. The van der Waals surface area contributed by atoms with Crippen LogP contribution in [-0.4, -0.2) is 33.1 Å². The van der Waals surface area contributed by atoms with Crippen molar-refractivity contribution in [3.8, 4) is 0 Å². The normalized spacial score (nSPS) is 11.4. The lowest BCUT2D eigenvalue weighted by Gasteiger charge is -2.20. The van der Waals surface area contributed by atoms with E-state index >= 15 is 0 Å². The largest absolute Gasteiger partial charge is 0.395 e. The van der Waals surface area contributed by atoms with Crippen LogP contribution in [0, 0.1) is 0 Å². The van der Waals surface area contributed by atoms with Crippen molar-refractivity contribution in [1.29, 1.82) is 0 Å². The molecule has 0 aliphatic rings. The lowest BCUT2D eigenvalue weighted by Crippen LogP contribution is -2.25. The fraction of sp³-hybridized carbons (Fsp3) is 0.467. The summed E-state index contributed by atoms with van der Waals surface area (Å²) < 4.78 is 0. The average Bonchev–Trinajstić information content (AvgIpc) is 2.89. The van der Waals surface area contributed by atoms with Crippen LogP contribution in [0.4, 0.5) is 0 Å². The molecule has 2 heterocycles. The summed E-state index contributed by atoms with van der Waals surface area (Å²) in [6.07, 6.45) is 5.60. The van der Waals surface area contributed by atoms with E-state index in [0.717, 1.165) is 18.7 Å². The maximum Gasteiger partial charge on any atom is 0.0953 e. The molecule has 0 aliphatic carbocycles. The number of thiazole rings is 1. The molecular weight excluding hydrogens is 270 g/mol. The van der Waals surface area contributed by atoms with E-state index < -0.39 is 0 Å². The van der Waals surface area contributed by atoms with Crippen LogP contribution in [0.3, 0.4) is 0 Å². The first-order chi connectivity index (χ1) is 9.69. The third kappa shape index (κ3) is 4.37. The molecule has 2 aromatic rings. The van der Waals surface area contributed by atoms with Gasteiger partial charge in [0.05, 0.1) is 11.6 Å². The molecule has 1 N–H and O–H groups in total. The standard InChI is InChI=1S/C15H21N3OS/c1-12(2)15-17-9-14(20-15)11-18(6-7-19)10-13-4-3-5-16-8-13/h3-5,8-9,12,19H,6-7,10-11H2,1-2H3. The van der Waals surface area contributed by atoms with Crippen LogP contribution in [-0.2, 0) is 13.1 Å². The molecule has 20 heavy (non-hydrogen) atoms. The minimum atomic E-state index is 0.163. The Morgan fingerprint density at radius 3 is 2.75 bits per heavy atom. The molecule has 0 atom stereocenters. The minimum absolute atomic E-state index is 0.163. The van der Waals surface area contributed by atoms with E-state index in [9.17, 15) is 5.11 Å². The zero-order valence-electron chi connectivity index (χ0n) is 12.0. The fourth-order valence-electron chi connectivity index (χ4n) is 1.99. The smallest absolute Gasteiger partial charge is 0.0953 e. The van der Waals surface area contributed by atoms with Crippen molar-refractivity contribution in [2.24, 2.45) is 0 Å². The van der Waals surface area contributed by atoms with Gasteiger partial charge in [-0.2, -0.15) is 0 Å².